The van der Waals surface area contributed by atoms with Crippen LogP contribution in [0.3, 0.4) is 0 Å². The van der Waals surface area contributed by atoms with E-state index in [0.29, 0.717) is 0 Å². The highest BCUT2D eigenvalue weighted by Crippen LogP contribution is 2.62. The zero-order valence-electron chi connectivity index (χ0n) is 44.9. The molecule has 1 saturated carbocycles. The molecule has 0 bridgehead atoms. The van der Waals surface area contributed by atoms with Gasteiger partial charge in [-0.15, -0.1) is 0 Å². The zero-order valence-corrected chi connectivity index (χ0v) is 44.9. The molecule has 0 spiro atoms. The van der Waals surface area contributed by atoms with Crippen LogP contribution in [-0.2, 0) is 16.2 Å². The second-order valence-electron chi connectivity index (χ2n) is 24.9. The Hall–Kier alpha value is -7.96. The van der Waals surface area contributed by atoms with Crippen LogP contribution in [-0.4, -0.2) is 12.3 Å². The van der Waals surface area contributed by atoms with Gasteiger partial charge >= 0.3 is 0 Å². The smallest absolute Gasteiger partial charge is 0.252 e. The molecule has 4 aliphatic rings. The number of benzene rings is 9. The Morgan fingerprint density at radius 1 is 0.421 bits per heavy atom. The summed E-state index contributed by atoms with van der Waals surface area (Å²) in [7, 11) is 0. The maximum Gasteiger partial charge on any atom is 0.252 e. The predicted molar refractivity (Wildman–Crippen MR) is 321 cm³/mol. The Morgan fingerprint density at radius 3 is 1.49 bits per heavy atom. The van der Waals surface area contributed by atoms with Crippen LogP contribution in [0, 0.1) is 0 Å². The molecule has 1 aliphatic carbocycles. The highest BCUT2D eigenvalue weighted by molar-refractivity contribution is 7.00. The lowest BCUT2D eigenvalue weighted by molar-refractivity contribution is 0.195. The second-order valence-corrected chi connectivity index (χ2v) is 24.9. The van der Waals surface area contributed by atoms with Crippen molar-refractivity contribution in [2.75, 3.05) is 14.7 Å². The molecule has 2 aromatic heterocycles. The molecule has 2 unspecified atom stereocenters. The SMILES string of the molecule is CC(C)(C)c1ccc2c(c1)N(c1ccc3c(c1)oc1ccccc13)c1cc(N3c4ccc(-c5ccccc5)cc4C4(C)CCCCC34C)cc3c1B2c1ccc(C(C)(C)C)cc1N3c1ccc2c(c1)oc1ccccc12. The monoisotopic (exact) mass is 987 g/mol. The molecule has 0 N–H and O–H groups in total. The highest BCUT2D eigenvalue weighted by atomic mass is 16.3. The van der Waals surface area contributed by atoms with E-state index in [2.05, 4.69) is 252 Å². The topological polar surface area (TPSA) is 36.0 Å². The average molecular weight is 988 g/mol. The number of rotatable bonds is 4. The van der Waals surface area contributed by atoms with Gasteiger partial charge in [-0.3, -0.25) is 0 Å². The minimum absolute atomic E-state index is 0.0562. The molecule has 1 fully saturated rings. The van der Waals surface area contributed by atoms with Crippen LogP contribution in [0.5, 0.6) is 0 Å². The van der Waals surface area contributed by atoms with Crippen LogP contribution in [0.4, 0.5) is 45.5 Å². The second kappa shape index (κ2) is 15.8. The summed E-state index contributed by atoms with van der Waals surface area (Å²) in [5.74, 6) is 0. The molecule has 5 nitrogen and oxygen atoms in total. The van der Waals surface area contributed by atoms with Gasteiger partial charge in [0.1, 0.15) is 22.3 Å². The predicted octanol–water partition coefficient (Wildman–Crippen LogP) is 17.6. The van der Waals surface area contributed by atoms with Gasteiger partial charge in [-0.05, 0) is 148 Å². The fraction of sp³-hybridized carbons (Fsp3) is 0.229. The zero-order chi connectivity index (χ0) is 51.6. The van der Waals surface area contributed by atoms with Crippen LogP contribution >= 0.6 is 0 Å². The molecular formula is C70H62BN3O2. The van der Waals surface area contributed by atoms with E-state index in [-0.39, 0.29) is 28.5 Å². The van der Waals surface area contributed by atoms with Crippen LogP contribution in [0.1, 0.15) is 97.8 Å². The van der Waals surface area contributed by atoms with Crippen molar-refractivity contribution in [2.45, 2.75) is 103 Å². The summed E-state index contributed by atoms with van der Waals surface area (Å²) in [6.07, 6.45) is 4.61. The van der Waals surface area contributed by atoms with Gasteiger partial charge in [-0.2, -0.15) is 0 Å². The lowest BCUT2D eigenvalue weighted by Gasteiger charge is -2.51. The lowest BCUT2D eigenvalue weighted by atomic mass is 9.33. The van der Waals surface area contributed by atoms with Crippen LogP contribution in [0.25, 0.3) is 55.0 Å². The first-order valence-corrected chi connectivity index (χ1v) is 27.6. The number of para-hydroxylation sites is 2. The Bertz CT molecular complexity index is 4020. The number of anilines is 8. The van der Waals surface area contributed by atoms with Gasteiger partial charge in [0, 0.05) is 84.6 Å². The molecule has 5 heterocycles. The summed E-state index contributed by atoms with van der Waals surface area (Å²) in [6.45, 7) is 19.1. The summed E-state index contributed by atoms with van der Waals surface area (Å²) in [5, 5.41) is 4.51. The van der Waals surface area contributed by atoms with Crippen molar-refractivity contribution in [1.82, 2.24) is 0 Å². The largest absolute Gasteiger partial charge is 0.456 e. The molecule has 0 amide bonds. The van der Waals surface area contributed by atoms with Crippen LogP contribution in [0.15, 0.2) is 191 Å². The van der Waals surface area contributed by atoms with E-state index < -0.39 is 0 Å². The summed E-state index contributed by atoms with van der Waals surface area (Å²) >= 11 is 0. The fourth-order valence-corrected chi connectivity index (χ4v) is 14.3. The van der Waals surface area contributed by atoms with Crippen LogP contribution in [0.2, 0.25) is 0 Å². The molecule has 6 heteroatoms. The minimum Gasteiger partial charge on any atom is -0.456 e. The van der Waals surface area contributed by atoms with Crippen molar-refractivity contribution in [3.63, 3.8) is 0 Å². The number of hydrogen-bond acceptors (Lipinski definition) is 5. The van der Waals surface area contributed by atoms with E-state index in [4.69, 9.17) is 8.83 Å². The average Bonchev–Trinajstić information content (AvgIpc) is 4.19. The van der Waals surface area contributed by atoms with Crippen LogP contribution < -0.4 is 31.1 Å². The third kappa shape index (κ3) is 6.39. The number of fused-ring (bicyclic) bond motifs is 13. The van der Waals surface area contributed by atoms with E-state index in [9.17, 15) is 0 Å². The van der Waals surface area contributed by atoms with Gasteiger partial charge in [0.15, 0.2) is 0 Å². The van der Waals surface area contributed by atoms with Gasteiger partial charge in [-0.1, -0.05) is 158 Å². The van der Waals surface area contributed by atoms with Crippen molar-refractivity contribution in [3.05, 3.63) is 199 Å². The molecule has 15 rings (SSSR count). The third-order valence-corrected chi connectivity index (χ3v) is 18.5. The van der Waals surface area contributed by atoms with Gasteiger partial charge in [-0.25, -0.2) is 0 Å². The van der Waals surface area contributed by atoms with E-state index >= 15 is 0 Å². The maximum absolute atomic E-state index is 6.75. The highest BCUT2D eigenvalue weighted by Gasteiger charge is 2.58. The summed E-state index contributed by atoms with van der Waals surface area (Å²) < 4.78 is 13.5. The molecule has 3 aliphatic heterocycles. The first-order valence-electron chi connectivity index (χ1n) is 27.6. The summed E-state index contributed by atoms with van der Waals surface area (Å²) in [4.78, 5) is 7.96. The number of hydrogen-bond donors (Lipinski definition) is 0. The van der Waals surface area contributed by atoms with Crippen molar-refractivity contribution in [3.8, 4) is 11.1 Å². The Kier molecular flexibility index (Phi) is 9.45. The first-order chi connectivity index (χ1) is 36.7. The number of nitrogens with zero attached hydrogens (tertiary/aromatic N) is 3. The standard InChI is InChI=1S/C70H62BN3O2/c1-67(2,3)45-25-31-55-58(37-45)72(47-27-29-52-50-20-12-14-22-62(50)75-64(52)41-47)60-39-49(74-57-33-24-44(43-18-10-9-11-19-43)36-54(57)69(7)34-16-17-35-70(69,74)8)40-61-66(60)71(55)56-32-26-46(68(4,5)6)38-59(56)73(61)48-28-30-53-51-21-13-15-23-63(51)76-65(53)42-48/h9-15,18-33,36-42H,16-17,34-35H2,1-8H3. The molecule has 372 valence electrons. The Morgan fingerprint density at radius 2 is 0.934 bits per heavy atom. The van der Waals surface area contributed by atoms with Gasteiger partial charge in [0.25, 0.3) is 6.71 Å². The Labute approximate surface area is 446 Å². The molecule has 2 atom stereocenters. The molecule has 11 aromatic rings. The first kappa shape index (κ1) is 45.4. The van der Waals surface area contributed by atoms with Gasteiger partial charge in [0.2, 0.25) is 0 Å². The van der Waals surface area contributed by atoms with E-state index in [1.54, 1.807) is 0 Å². The van der Waals surface area contributed by atoms with Crippen molar-refractivity contribution in [2.24, 2.45) is 0 Å². The quantitative estimate of drug-likeness (QED) is 0.164. The summed E-state index contributed by atoms with van der Waals surface area (Å²) in [5.41, 5.74) is 23.0. The van der Waals surface area contributed by atoms with Crippen molar-refractivity contribution in [1.29, 1.82) is 0 Å². The van der Waals surface area contributed by atoms with Crippen molar-refractivity contribution < 1.29 is 8.83 Å². The lowest BCUT2D eigenvalue weighted by Crippen LogP contribution is -2.61. The molecule has 76 heavy (non-hydrogen) atoms. The van der Waals surface area contributed by atoms with E-state index in [1.165, 1.54) is 91.2 Å². The van der Waals surface area contributed by atoms with Crippen molar-refractivity contribution >= 4 is 112 Å². The third-order valence-electron chi connectivity index (χ3n) is 18.5. The van der Waals surface area contributed by atoms with Gasteiger partial charge in [0.05, 0.1) is 5.54 Å². The van der Waals surface area contributed by atoms with E-state index in [1.807, 2.05) is 0 Å². The maximum atomic E-state index is 6.75. The molecular weight excluding hydrogens is 926 g/mol. The molecule has 9 aromatic carbocycles. The van der Waals surface area contributed by atoms with Gasteiger partial charge < -0.3 is 23.5 Å². The molecule has 0 saturated heterocycles. The number of furan rings is 2. The normalized spacial score (nSPS) is 18.8. The van der Waals surface area contributed by atoms with E-state index in [0.717, 1.165) is 68.1 Å². The Balaban J connectivity index is 1.06. The minimum atomic E-state index is -0.211. The molecule has 0 radical (unpaired) electrons. The fourth-order valence-electron chi connectivity index (χ4n) is 14.3. The summed E-state index contributed by atoms with van der Waals surface area (Å²) in [6, 6.07) is 68.7.